The molecule has 1 aromatic heterocycles. The summed E-state index contributed by atoms with van der Waals surface area (Å²) in [7, 11) is -0.388. The van der Waals surface area contributed by atoms with Crippen LogP contribution in [0.5, 0.6) is 0 Å². The van der Waals surface area contributed by atoms with E-state index < -0.39 is 10.0 Å². The first-order valence-corrected chi connectivity index (χ1v) is 7.32. The van der Waals surface area contributed by atoms with Gasteiger partial charge in [0, 0.05) is 27.1 Å². The third-order valence-electron chi connectivity index (χ3n) is 1.85. The Bertz CT molecular complexity index is 498. The predicted molar refractivity (Wildman–Crippen MR) is 65.6 cm³/mol. The molecule has 0 aromatic carbocycles. The molecule has 96 valence electrons. The van der Waals surface area contributed by atoms with E-state index in [-0.39, 0.29) is 27.5 Å². The molecule has 6 nitrogen and oxygen atoms in total. The van der Waals surface area contributed by atoms with Gasteiger partial charge in [0.2, 0.25) is 5.91 Å². The second-order valence-corrected chi connectivity index (χ2v) is 6.97. The zero-order chi connectivity index (χ0) is 13.1. The van der Waals surface area contributed by atoms with Gasteiger partial charge in [-0.2, -0.15) is 0 Å². The van der Waals surface area contributed by atoms with Crippen LogP contribution in [0, 0.1) is 0 Å². The smallest absolute Gasteiger partial charge is 0.251 e. The summed E-state index contributed by atoms with van der Waals surface area (Å²) in [6.45, 7) is 0.0505. The van der Waals surface area contributed by atoms with Crippen molar-refractivity contribution in [2.24, 2.45) is 0 Å². The molecule has 1 rings (SSSR count). The molecule has 0 spiro atoms. The Hall–Kier alpha value is -0.700. The van der Waals surface area contributed by atoms with E-state index >= 15 is 0 Å². The van der Waals surface area contributed by atoms with Crippen molar-refractivity contribution in [3.05, 3.63) is 10.7 Å². The Morgan fingerprint density at radius 1 is 1.59 bits per heavy atom. The molecule has 9 heteroatoms. The van der Waals surface area contributed by atoms with Crippen LogP contribution in [0.4, 0.5) is 0 Å². The minimum absolute atomic E-state index is 0.0415. The van der Waals surface area contributed by atoms with Gasteiger partial charge in [0.05, 0.1) is 6.20 Å². The summed E-state index contributed by atoms with van der Waals surface area (Å²) in [5, 5.41) is 0. The van der Waals surface area contributed by atoms with Gasteiger partial charge in [-0.3, -0.25) is 4.79 Å². The molecule has 1 N–H and O–H groups in total. The molecular weight excluding hydrogens is 286 g/mol. The Kier molecular flexibility index (Phi) is 4.87. The highest BCUT2D eigenvalue weighted by Gasteiger charge is 2.17. The van der Waals surface area contributed by atoms with Crippen LogP contribution in [0.3, 0.4) is 0 Å². The molecule has 0 saturated heterocycles. The fourth-order valence-electron chi connectivity index (χ4n) is 0.950. The van der Waals surface area contributed by atoms with Gasteiger partial charge in [-0.05, 0) is 0 Å². The van der Waals surface area contributed by atoms with Crippen LogP contribution in [-0.2, 0) is 14.8 Å². The van der Waals surface area contributed by atoms with Crippen LogP contribution in [0.2, 0.25) is 4.47 Å². The van der Waals surface area contributed by atoms with Crippen molar-refractivity contribution >= 4 is 38.9 Å². The Morgan fingerprint density at radius 3 is 2.71 bits per heavy atom. The zero-order valence-electron chi connectivity index (χ0n) is 9.31. The van der Waals surface area contributed by atoms with Gasteiger partial charge in [0.1, 0.15) is 0 Å². The van der Waals surface area contributed by atoms with Gasteiger partial charge in [-0.25, -0.2) is 18.1 Å². The fraction of sp³-hybridized carbons (Fsp3) is 0.500. The summed E-state index contributed by atoms with van der Waals surface area (Å²) in [6, 6.07) is 0. The van der Waals surface area contributed by atoms with Crippen molar-refractivity contribution in [2.45, 2.75) is 10.6 Å². The van der Waals surface area contributed by atoms with E-state index in [0.717, 1.165) is 11.3 Å². The van der Waals surface area contributed by atoms with E-state index in [9.17, 15) is 13.2 Å². The normalized spacial score (nSPS) is 11.5. The highest BCUT2D eigenvalue weighted by atomic mass is 35.5. The minimum atomic E-state index is -3.61. The molecular formula is C8H12ClN3O3S2. The Balaban J connectivity index is 2.55. The van der Waals surface area contributed by atoms with Crippen LogP contribution in [0.25, 0.3) is 0 Å². The number of hydrogen-bond acceptors (Lipinski definition) is 5. The summed E-state index contributed by atoms with van der Waals surface area (Å²) in [5.74, 6) is -0.143. The standard InChI is InChI=1S/C8H12ClN3O3S2/c1-12(2)6(13)3-4-11-17(14,15)7-5-10-8(9)16-7/h5,11H,3-4H2,1-2H3. The Morgan fingerprint density at radius 2 is 2.24 bits per heavy atom. The Labute approximate surface area is 109 Å². The van der Waals surface area contributed by atoms with Crippen molar-refractivity contribution in [1.29, 1.82) is 0 Å². The molecule has 17 heavy (non-hydrogen) atoms. The molecule has 1 amide bonds. The lowest BCUT2D eigenvalue weighted by Gasteiger charge is -2.10. The topological polar surface area (TPSA) is 79.4 Å². The third kappa shape index (κ3) is 4.23. The number of nitrogens with one attached hydrogen (secondary N) is 1. The van der Waals surface area contributed by atoms with Gasteiger partial charge < -0.3 is 4.90 Å². The van der Waals surface area contributed by atoms with Crippen molar-refractivity contribution in [2.75, 3.05) is 20.6 Å². The molecule has 1 heterocycles. The summed E-state index contributed by atoms with van der Waals surface area (Å²) < 4.78 is 25.9. The summed E-state index contributed by atoms with van der Waals surface area (Å²) in [5.41, 5.74) is 0. The second kappa shape index (κ2) is 5.76. The van der Waals surface area contributed by atoms with Crippen LogP contribution in [0.1, 0.15) is 6.42 Å². The quantitative estimate of drug-likeness (QED) is 0.861. The van der Waals surface area contributed by atoms with E-state index in [4.69, 9.17) is 11.6 Å². The van der Waals surface area contributed by atoms with E-state index in [1.165, 1.54) is 11.1 Å². The average Bonchev–Trinajstić information content (AvgIpc) is 2.65. The number of hydrogen-bond donors (Lipinski definition) is 1. The van der Waals surface area contributed by atoms with Gasteiger partial charge in [-0.15, -0.1) is 0 Å². The van der Waals surface area contributed by atoms with E-state index in [1.807, 2.05) is 0 Å². The van der Waals surface area contributed by atoms with Gasteiger partial charge >= 0.3 is 0 Å². The number of amides is 1. The maximum atomic E-state index is 11.7. The molecule has 0 radical (unpaired) electrons. The first-order chi connectivity index (χ1) is 7.83. The van der Waals surface area contributed by atoms with E-state index in [0.29, 0.717) is 0 Å². The number of thiazole rings is 1. The maximum absolute atomic E-state index is 11.7. The lowest BCUT2D eigenvalue weighted by molar-refractivity contribution is -0.128. The van der Waals surface area contributed by atoms with Crippen LogP contribution < -0.4 is 4.72 Å². The van der Waals surface area contributed by atoms with E-state index in [1.54, 1.807) is 14.1 Å². The number of nitrogens with zero attached hydrogens (tertiary/aromatic N) is 2. The van der Waals surface area contributed by atoms with E-state index in [2.05, 4.69) is 9.71 Å². The number of sulfonamides is 1. The SMILES string of the molecule is CN(C)C(=O)CCNS(=O)(=O)c1cnc(Cl)s1. The van der Waals surface area contributed by atoms with Crippen molar-refractivity contribution in [3.8, 4) is 0 Å². The molecule has 0 aliphatic heterocycles. The fourth-order valence-corrected chi connectivity index (χ4v) is 3.32. The molecule has 0 saturated carbocycles. The third-order valence-corrected chi connectivity index (χ3v) is 4.89. The summed E-state index contributed by atoms with van der Waals surface area (Å²) >= 11 is 6.42. The molecule has 0 atom stereocenters. The lowest BCUT2D eigenvalue weighted by Crippen LogP contribution is -2.29. The van der Waals surface area contributed by atoms with Crippen LogP contribution in [-0.4, -0.2) is 44.8 Å². The largest absolute Gasteiger partial charge is 0.349 e. The van der Waals surface area contributed by atoms with Crippen molar-refractivity contribution < 1.29 is 13.2 Å². The van der Waals surface area contributed by atoms with Crippen molar-refractivity contribution in [1.82, 2.24) is 14.6 Å². The molecule has 0 aliphatic carbocycles. The van der Waals surface area contributed by atoms with Gasteiger partial charge in [0.15, 0.2) is 8.68 Å². The zero-order valence-corrected chi connectivity index (χ0v) is 11.7. The summed E-state index contributed by atoms with van der Waals surface area (Å²) in [4.78, 5) is 16.3. The number of halogens is 1. The maximum Gasteiger partial charge on any atom is 0.251 e. The first-order valence-electron chi connectivity index (χ1n) is 4.64. The number of carbonyl (C=O) groups is 1. The summed E-state index contributed by atoms with van der Waals surface area (Å²) in [6.07, 6.45) is 1.29. The monoisotopic (exact) mass is 297 g/mol. The number of aromatic nitrogens is 1. The van der Waals surface area contributed by atoms with Crippen LogP contribution >= 0.6 is 22.9 Å². The van der Waals surface area contributed by atoms with Crippen molar-refractivity contribution in [3.63, 3.8) is 0 Å². The molecule has 0 fully saturated rings. The second-order valence-electron chi connectivity index (χ2n) is 3.37. The minimum Gasteiger partial charge on any atom is -0.349 e. The van der Waals surface area contributed by atoms with Gasteiger partial charge in [-0.1, -0.05) is 22.9 Å². The predicted octanol–water partition coefficient (Wildman–Crippen LogP) is 0.553. The number of carbonyl (C=O) groups excluding carboxylic acids is 1. The highest BCUT2D eigenvalue weighted by Crippen LogP contribution is 2.21. The number of rotatable bonds is 5. The molecule has 0 aliphatic rings. The molecule has 1 aromatic rings. The van der Waals surface area contributed by atoms with Crippen LogP contribution in [0.15, 0.2) is 10.4 Å². The highest BCUT2D eigenvalue weighted by molar-refractivity contribution is 7.91. The average molecular weight is 298 g/mol. The first kappa shape index (κ1) is 14.4. The molecule has 0 bridgehead atoms. The molecule has 0 unspecified atom stereocenters. The lowest BCUT2D eigenvalue weighted by atomic mass is 10.4. The van der Waals surface area contributed by atoms with Gasteiger partial charge in [0.25, 0.3) is 10.0 Å².